The van der Waals surface area contributed by atoms with E-state index in [4.69, 9.17) is 0 Å². The van der Waals surface area contributed by atoms with Crippen molar-refractivity contribution in [1.29, 1.82) is 0 Å². The summed E-state index contributed by atoms with van der Waals surface area (Å²) in [5.41, 5.74) is 2.09. The van der Waals surface area contributed by atoms with Crippen molar-refractivity contribution in [2.45, 2.75) is 29.6 Å². The topological polar surface area (TPSA) is 49.9 Å². The first-order chi connectivity index (χ1) is 10.1. The van der Waals surface area contributed by atoms with Crippen molar-refractivity contribution in [2.24, 2.45) is 0 Å². The number of hydrogen-bond acceptors (Lipinski definition) is 2. The molecular formula is C17H17NO2S. The van der Waals surface area contributed by atoms with Crippen LogP contribution in [0.3, 0.4) is 0 Å². The summed E-state index contributed by atoms with van der Waals surface area (Å²) in [4.78, 5) is 3.75. The minimum atomic E-state index is -3.48. The highest BCUT2D eigenvalue weighted by molar-refractivity contribution is 7.91. The Morgan fingerprint density at radius 3 is 2.52 bits per heavy atom. The first kappa shape index (κ1) is 13.9. The van der Waals surface area contributed by atoms with Gasteiger partial charge < -0.3 is 4.98 Å². The molecule has 1 aromatic heterocycles. The van der Waals surface area contributed by atoms with E-state index in [1.54, 1.807) is 30.5 Å². The van der Waals surface area contributed by atoms with Crippen LogP contribution in [0.25, 0.3) is 10.9 Å². The molecule has 21 heavy (non-hydrogen) atoms. The quantitative estimate of drug-likeness (QED) is 0.793. The zero-order valence-corrected chi connectivity index (χ0v) is 12.7. The molecular weight excluding hydrogens is 282 g/mol. The molecule has 0 amide bonds. The Balaban J connectivity index is 2.13. The van der Waals surface area contributed by atoms with Gasteiger partial charge in [-0.25, -0.2) is 8.42 Å². The van der Waals surface area contributed by atoms with Crippen LogP contribution in [0, 0.1) is 0 Å². The summed E-state index contributed by atoms with van der Waals surface area (Å²) in [6.45, 7) is 2.13. The van der Waals surface area contributed by atoms with E-state index in [2.05, 4.69) is 11.9 Å². The minimum Gasteiger partial charge on any atom is -0.360 e. The van der Waals surface area contributed by atoms with Crippen LogP contribution in [0.5, 0.6) is 0 Å². The summed E-state index contributed by atoms with van der Waals surface area (Å²) in [6.07, 6.45) is 3.65. The Kier molecular flexibility index (Phi) is 3.55. The molecule has 3 rings (SSSR count). The number of aryl methyl sites for hydroxylation is 1. The predicted octanol–water partition coefficient (Wildman–Crippen LogP) is 3.95. The summed E-state index contributed by atoms with van der Waals surface area (Å²) < 4.78 is 25.4. The maximum atomic E-state index is 12.7. The molecule has 1 heterocycles. The van der Waals surface area contributed by atoms with Gasteiger partial charge in [0.2, 0.25) is 9.84 Å². The van der Waals surface area contributed by atoms with E-state index in [-0.39, 0.29) is 0 Å². The molecule has 1 N–H and O–H groups in total. The number of hydrogen-bond donors (Lipinski definition) is 1. The molecule has 0 saturated heterocycles. The smallest absolute Gasteiger partial charge is 0.208 e. The number of aromatic amines is 1. The van der Waals surface area contributed by atoms with E-state index in [1.807, 2.05) is 24.3 Å². The predicted molar refractivity (Wildman–Crippen MR) is 84.2 cm³/mol. The lowest BCUT2D eigenvalue weighted by molar-refractivity contribution is 0.597. The van der Waals surface area contributed by atoms with E-state index in [0.29, 0.717) is 9.79 Å². The third-order valence-corrected chi connectivity index (χ3v) is 5.40. The summed E-state index contributed by atoms with van der Waals surface area (Å²) in [5.74, 6) is 0. The summed E-state index contributed by atoms with van der Waals surface area (Å²) in [6, 6.07) is 14.5. The normalized spacial score (nSPS) is 11.9. The zero-order valence-electron chi connectivity index (χ0n) is 11.8. The molecule has 0 radical (unpaired) electrons. The van der Waals surface area contributed by atoms with Gasteiger partial charge in [-0.15, -0.1) is 0 Å². The van der Waals surface area contributed by atoms with Gasteiger partial charge in [0, 0.05) is 17.1 Å². The maximum Gasteiger partial charge on any atom is 0.208 e. The second-order valence-corrected chi connectivity index (χ2v) is 7.02. The molecule has 0 aliphatic rings. The first-order valence-electron chi connectivity index (χ1n) is 7.03. The van der Waals surface area contributed by atoms with Crippen LogP contribution in [0.15, 0.2) is 64.5 Å². The fraction of sp³-hybridized carbons (Fsp3) is 0.176. The fourth-order valence-electron chi connectivity index (χ4n) is 2.54. The van der Waals surface area contributed by atoms with Gasteiger partial charge in [-0.1, -0.05) is 43.7 Å². The average Bonchev–Trinajstić information content (AvgIpc) is 2.92. The molecule has 108 valence electrons. The highest BCUT2D eigenvalue weighted by atomic mass is 32.2. The number of fused-ring (bicyclic) bond motifs is 1. The van der Waals surface area contributed by atoms with Crippen LogP contribution in [-0.2, 0) is 16.3 Å². The lowest BCUT2D eigenvalue weighted by Gasteiger charge is -2.03. The molecule has 3 nitrogen and oxygen atoms in total. The highest BCUT2D eigenvalue weighted by Gasteiger charge is 2.21. The third kappa shape index (κ3) is 2.47. The van der Waals surface area contributed by atoms with Crippen molar-refractivity contribution >= 4 is 20.7 Å². The Bertz CT molecular complexity index is 864. The summed E-state index contributed by atoms with van der Waals surface area (Å²) in [5, 5.41) is 0.749. The second-order valence-electron chi connectivity index (χ2n) is 5.10. The standard InChI is InChI=1S/C17H17NO2S/c1-2-6-13-9-10-15-16(11-13)18-12-17(15)21(19,20)14-7-4-3-5-8-14/h3-5,7-12,18H,2,6H2,1H3. The molecule has 0 atom stereocenters. The van der Waals surface area contributed by atoms with E-state index < -0.39 is 9.84 Å². The molecule has 0 fully saturated rings. The SMILES string of the molecule is CCCc1ccc2c(S(=O)(=O)c3ccccc3)c[nH]c2c1. The number of H-pyrrole nitrogens is 1. The summed E-state index contributed by atoms with van der Waals surface area (Å²) >= 11 is 0. The zero-order chi connectivity index (χ0) is 14.9. The van der Waals surface area contributed by atoms with Gasteiger partial charge in [-0.05, 0) is 30.2 Å². The Hall–Kier alpha value is -2.07. The summed E-state index contributed by atoms with van der Waals surface area (Å²) in [7, 11) is -3.48. The van der Waals surface area contributed by atoms with E-state index >= 15 is 0 Å². The highest BCUT2D eigenvalue weighted by Crippen LogP contribution is 2.28. The van der Waals surface area contributed by atoms with Crippen LogP contribution in [0.1, 0.15) is 18.9 Å². The third-order valence-electron chi connectivity index (χ3n) is 3.59. The van der Waals surface area contributed by atoms with Gasteiger partial charge >= 0.3 is 0 Å². The lowest BCUT2D eigenvalue weighted by atomic mass is 10.1. The van der Waals surface area contributed by atoms with Crippen LogP contribution in [0.2, 0.25) is 0 Å². The van der Waals surface area contributed by atoms with Crippen molar-refractivity contribution in [2.75, 3.05) is 0 Å². The van der Waals surface area contributed by atoms with E-state index in [0.717, 1.165) is 23.7 Å². The Morgan fingerprint density at radius 1 is 1.05 bits per heavy atom. The Labute approximate surface area is 124 Å². The number of rotatable bonds is 4. The molecule has 2 aromatic carbocycles. The number of sulfone groups is 1. The molecule has 0 saturated carbocycles. The van der Waals surface area contributed by atoms with Crippen LogP contribution < -0.4 is 0 Å². The van der Waals surface area contributed by atoms with Crippen LogP contribution >= 0.6 is 0 Å². The van der Waals surface area contributed by atoms with Crippen molar-refractivity contribution in [3.05, 3.63) is 60.3 Å². The first-order valence-corrected chi connectivity index (χ1v) is 8.51. The fourth-order valence-corrected chi connectivity index (χ4v) is 3.99. The van der Waals surface area contributed by atoms with Gasteiger partial charge in [0.25, 0.3) is 0 Å². The minimum absolute atomic E-state index is 0.323. The Morgan fingerprint density at radius 2 is 1.81 bits per heavy atom. The van der Waals surface area contributed by atoms with Crippen molar-refractivity contribution in [3.63, 3.8) is 0 Å². The monoisotopic (exact) mass is 299 g/mol. The van der Waals surface area contributed by atoms with Gasteiger partial charge in [0.15, 0.2) is 0 Å². The molecule has 0 aliphatic carbocycles. The molecule has 0 aliphatic heterocycles. The van der Waals surface area contributed by atoms with Crippen LogP contribution in [0.4, 0.5) is 0 Å². The lowest BCUT2D eigenvalue weighted by Crippen LogP contribution is -2.00. The van der Waals surface area contributed by atoms with Crippen molar-refractivity contribution in [3.8, 4) is 0 Å². The van der Waals surface area contributed by atoms with Gasteiger partial charge in [0.1, 0.15) is 0 Å². The van der Waals surface area contributed by atoms with Gasteiger partial charge in [-0.3, -0.25) is 0 Å². The van der Waals surface area contributed by atoms with E-state index in [9.17, 15) is 8.42 Å². The molecule has 3 aromatic rings. The maximum absolute atomic E-state index is 12.7. The number of benzene rings is 2. The number of nitrogens with one attached hydrogen (secondary N) is 1. The van der Waals surface area contributed by atoms with Crippen LogP contribution in [-0.4, -0.2) is 13.4 Å². The molecule has 0 bridgehead atoms. The molecule has 4 heteroatoms. The van der Waals surface area contributed by atoms with E-state index in [1.165, 1.54) is 5.56 Å². The van der Waals surface area contributed by atoms with Crippen molar-refractivity contribution in [1.82, 2.24) is 4.98 Å². The molecule has 0 unspecified atom stereocenters. The second kappa shape index (κ2) is 5.37. The average molecular weight is 299 g/mol. The van der Waals surface area contributed by atoms with Crippen molar-refractivity contribution < 1.29 is 8.42 Å². The van der Waals surface area contributed by atoms with Gasteiger partial charge in [0.05, 0.1) is 9.79 Å². The largest absolute Gasteiger partial charge is 0.360 e. The number of aromatic nitrogens is 1. The van der Waals surface area contributed by atoms with Gasteiger partial charge in [-0.2, -0.15) is 0 Å². The molecule has 0 spiro atoms.